The van der Waals surface area contributed by atoms with Gasteiger partial charge in [0.05, 0.1) is 18.1 Å². The fourth-order valence-electron chi connectivity index (χ4n) is 3.57. The van der Waals surface area contributed by atoms with Crippen LogP contribution in [-0.2, 0) is 9.59 Å². The van der Waals surface area contributed by atoms with Crippen molar-refractivity contribution in [2.45, 2.75) is 12.8 Å². The zero-order chi connectivity index (χ0) is 19.0. The van der Waals surface area contributed by atoms with E-state index in [1.165, 1.54) is 41.5 Å². The van der Waals surface area contributed by atoms with Crippen LogP contribution in [0.5, 0.6) is 0 Å². The normalized spacial score (nSPS) is 21.4. The lowest BCUT2D eigenvalue weighted by molar-refractivity contribution is -0.139. The van der Waals surface area contributed by atoms with Crippen LogP contribution in [0.25, 0.3) is 0 Å². The van der Waals surface area contributed by atoms with Crippen LogP contribution in [0.1, 0.15) is 23.4 Å². The first kappa shape index (κ1) is 17.2. The first-order valence-corrected chi connectivity index (χ1v) is 8.67. The Bertz CT molecular complexity index is 879. The Labute approximate surface area is 154 Å². The van der Waals surface area contributed by atoms with Crippen molar-refractivity contribution in [3.05, 3.63) is 66.4 Å². The van der Waals surface area contributed by atoms with Gasteiger partial charge in [0.2, 0.25) is 11.8 Å². The van der Waals surface area contributed by atoms with Crippen molar-refractivity contribution < 1.29 is 23.2 Å². The van der Waals surface area contributed by atoms with E-state index in [0.29, 0.717) is 18.5 Å². The molecule has 0 radical (unpaired) electrons. The summed E-state index contributed by atoms with van der Waals surface area (Å²) in [6.07, 6.45) is 6.22. The van der Waals surface area contributed by atoms with Crippen molar-refractivity contribution in [2.75, 3.05) is 11.6 Å². The van der Waals surface area contributed by atoms with Gasteiger partial charge in [-0.1, -0.05) is 12.2 Å². The van der Waals surface area contributed by atoms with Crippen LogP contribution < -0.4 is 4.90 Å². The van der Waals surface area contributed by atoms with Crippen molar-refractivity contribution in [3.8, 4) is 0 Å². The lowest BCUT2D eigenvalue weighted by Crippen LogP contribution is -2.44. The molecule has 7 heteroatoms. The predicted molar refractivity (Wildman–Crippen MR) is 94.0 cm³/mol. The Hall–Kier alpha value is -3.22. The van der Waals surface area contributed by atoms with Gasteiger partial charge < -0.3 is 4.42 Å². The molecule has 2 unspecified atom stereocenters. The molecular formula is C20H17FN2O4. The van der Waals surface area contributed by atoms with Gasteiger partial charge >= 0.3 is 0 Å². The van der Waals surface area contributed by atoms with Crippen molar-refractivity contribution in [1.29, 1.82) is 0 Å². The maximum atomic E-state index is 13.3. The minimum atomic E-state index is -0.514. The fourth-order valence-corrected chi connectivity index (χ4v) is 3.57. The molecule has 6 nitrogen and oxygen atoms in total. The summed E-state index contributed by atoms with van der Waals surface area (Å²) >= 11 is 0. The van der Waals surface area contributed by atoms with E-state index in [-0.39, 0.29) is 36.1 Å². The Kier molecular flexibility index (Phi) is 4.35. The molecular weight excluding hydrogens is 351 g/mol. The maximum Gasteiger partial charge on any atom is 0.295 e. The number of carbonyl (C=O) groups excluding carboxylic acids is 3. The third kappa shape index (κ3) is 3.05. The van der Waals surface area contributed by atoms with Crippen LogP contribution in [0.2, 0.25) is 0 Å². The van der Waals surface area contributed by atoms with E-state index in [2.05, 4.69) is 0 Å². The third-order valence-electron chi connectivity index (χ3n) is 5.00. The molecule has 138 valence electrons. The van der Waals surface area contributed by atoms with Gasteiger partial charge in [0.25, 0.3) is 5.91 Å². The highest BCUT2D eigenvalue weighted by atomic mass is 19.1. The van der Waals surface area contributed by atoms with Gasteiger partial charge in [-0.05, 0) is 49.2 Å². The largest absolute Gasteiger partial charge is 0.459 e. The molecule has 2 atom stereocenters. The van der Waals surface area contributed by atoms with E-state index in [4.69, 9.17) is 4.42 Å². The highest BCUT2D eigenvalue weighted by molar-refractivity contribution is 6.08. The van der Waals surface area contributed by atoms with Gasteiger partial charge in [0.15, 0.2) is 5.76 Å². The van der Waals surface area contributed by atoms with Gasteiger partial charge in [-0.15, -0.1) is 0 Å². The number of hydrogen-bond acceptors (Lipinski definition) is 4. The second kappa shape index (κ2) is 6.83. The molecule has 1 saturated heterocycles. The van der Waals surface area contributed by atoms with Gasteiger partial charge in [-0.2, -0.15) is 0 Å². The monoisotopic (exact) mass is 368 g/mol. The van der Waals surface area contributed by atoms with Crippen LogP contribution >= 0.6 is 0 Å². The summed E-state index contributed by atoms with van der Waals surface area (Å²) in [5.41, 5.74) is 0.367. The van der Waals surface area contributed by atoms with Crippen LogP contribution in [-0.4, -0.2) is 29.3 Å². The van der Waals surface area contributed by atoms with E-state index in [1.807, 2.05) is 12.2 Å². The summed E-state index contributed by atoms with van der Waals surface area (Å²) in [4.78, 5) is 40.7. The van der Waals surface area contributed by atoms with Crippen molar-refractivity contribution in [2.24, 2.45) is 11.8 Å². The minimum Gasteiger partial charge on any atom is -0.459 e. The molecule has 2 aliphatic rings. The average Bonchev–Trinajstić information content (AvgIpc) is 3.30. The number of imide groups is 1. The van der Waals surface area contributed by atoms with Crippen molar-refractivity contribution in [3.63, 3.8) is 0 Å². The molecule has 4 rings (SSSR count). The number of anilines is 1. The molecule has 0 spiro atoms. The van der Waals surface area contributed by atoms with Crippen molar-refractivity contribution >= 4 is 23.4 Å². The standard InChI is InChI=1S/C20H17FN2O4/c21-13-7-9-14(10-8-13)22(20(26)17-6-3-11-27-17)12-23-18(24)15-4-1-2-5-16(15)19(23)25/h1-3,6-11,15-16H,4-5,12H2. The first-order valence-electron chi connectivity index (χ1n) is 8.67. The zero-order valence-corrected chi connectivity index (χ0v) is 14.4. The van der Waals surface area contributed by atoms with Crippen LogP contribution in [0.3, 0.4) is 0 Å². The Balaban J connectivity index is 1.65. The Morgan fingerprint density at radius 2 is 1.70 bits per heavy atom. The third-order valence-corrected chi connectivity index (χ3v) is 5.00. The molecule has 1 aromatic carbocycles. The van der Waals surface area contributed by atoms with Crippen LogP contribution in [0.4, 0.5) is 10.1 Å². The first-order chi connectivity index (χ1) is 13.1. The molecule has 1 fully saturated rings. The van der Waals surface area contributed by atoms with Gasteiger partial charge in [-0.25, -0.2) is 4.39 Å². The van der Waals surface area contributed by atoms with E-state index in [9.17, 15) is 18.8 Å². The van der Waals surface area contributed by atoms with Gasteiger partial charge in [0, 0.05) is 5.69 Å². The summed E-state index contributed by atoms with van der Waals surface area (Å²) < 4.78 is 18.5. The summed E-state index contributed by atoms with van der Waals surface area (Å²) in [6, 6.07) is 8.36. The topological polar surface area (TPSA) is 70.8 Å². The number of carbonyl (C=O) groups is 3. The smallest absolute Gasteiger partial charge is 0.295 e. The number of benzene rings is 1. The summed E-state index contributed by atoms with van der Waals surface area (Å²) in [7, 11) is 0. The molecule has 27 heavy (non-hydrogen) atoms. The molecule has 0 saturated carbocycles. The van der Waals surface area contributed by atoms with Gasteiger partial charge in [0.1, 0.15) is 12.5 Å². The number of amides is 3. The van der Waals surface area contributed by atoms with Crippen LogP contribution in [0, 0.1) is 17.7 Å². The molecule has 1 aliphatic heterocycles. The second-order valence-corrected chi connectivity index (χ2v) is 6.59. The average molecular weight is 368 g/mol. The Morgan fingerprint density at radius 3 is 2.26 bits per heavy atom. The van der Waals surface area contributed by atoms with E-state index in [0.717, 1.165) is 4.90 Å². The number of furan rings is 1. The molecule has 0 N–H and O–H groups in total. The van der Waals surface area contributed by atoms with Crippen molar-refractivity contribution in [1.82, 2.24) is 4.90 Å². The summed E-state index contributed by atoms with van der Waals surface area (Å²) in [6.45, 7) is -0.240. The fraction of sp³-hybridized carbons (Fsp3) is 0.250. The summed E-state index contributed by atoms with van der Waals surface area (Å²) in [5.74, 6) is -2.22. The summed E-state index contributed by atoms with van der Waals surface area (Å²) in [5, 5.41) is 0. The molecule has 1 aliphatic carbocycles. The number of likely N-dealkylation sites (tertiary alicyclic amines) is 1. The maximum absolute atomic E-state index is 13.3. The number of fused-ring (bicyclic) bond motifs is 1. The molecule has 3 amide bonds. The van der Waals surface area contributed by atoms with Gasteiger partial charge in [-0.3, -0.25) is 24.2 Å². The quantitative estimate of drug-likeness (QED) is 0.614. The predicted octanol–water partition coefficient (Wildman–Crippen LogP) is 2.97. The minimum absolute atomic E-state index is 0.0671. The number of halogens is 1. The highest BCUT2D eigenvalue weighted by Gasteiger charge is 2.48. The number of nitrogens with zero attached hydrogens (tertiary/aromatic N) is 2. The Morgan fingerprint density at radius 1 is 1.07 bits per heavy atom. The molecule has 2 heterocycles. The van der Waals surface area contributed by atoms with E-state index < -0.39 is 11.7 Å². The van der Waals surface area contributed by atoms with Crippen LogP contribution in [0.15, 0.2) is 59.2 Å². The molecule has 1 aromatic heterocycles. The highest BCUT2D eigenvalue weighted by Crippen LogP contribution is 2.35. The van der Waals surface area contributed by atoms with E-state index in [1.54, 1.807) is 6.07 Å². The number of allylic oxidation sites excluding steroid dienone is 2. The zero-order valence-electron chi connectivity index (χ0n) is 14.4. The molecule has 2 aromatic rings. The number of hydrogen-bond donors (Lipinski definition) is 0. The lowest BCUT2D eigenvalue weighted by atomic mass is 9.85. The SMILES string of the molecule is O=C1C2CC=CCC2C(=O)N1CN(C(=O)c1ccco1)c1ccc(F)cc1. The van der Waals surface area contributed by atoms with E-state index >= 15 is 0 Å². The second-order valence-electron chi connectivity index (χ2n) is 6.59. The molecule has 0 bridgehead atoms. The number of rotatable bonds is 4. The lowest BCUT2D eigenvalue weighted by Gasteiger charge is -2.26.